The topological polar surface area (TPSA) is 97.4 Å². The Hall–Kier alpha value is -3.57. The van der Waals surface area contributed by atoms with Crippen LogP contribution in [-0.2, 0) is 11.4 Å². The number of aromatic nitrogens is 1. The molecule has 2 aromatic heterocycles. The third-order valence-electron chi connectivity index (χ3n) is 3.43. The quantitative estimate of drug-likeness (QED) is 0.493. The molecule has 7 nitrogen and oxygen atoms in total. The van der Waals surface area contributed by atoms with Gasteiger partial charge in [-0.1, -0.05) is 0 Å². The highest BCUT2D eigenvalue weighted by molar-refractivity contribution is 7.13. The predicted octanol–water partition coefficient (Wildman–Crippen LogP) is 3.87. The summed E-state index contributed by atoms with van der Waals surface area (Å²) in [5.74, 6) is 1.82. The SMILES string of the molecule is COc1ccc(OCc2ccc(/C=C(\C#N)C(=O)Nc3nccs3)o2)cc1. The van der Waals surface area contributed by atoms with E-state index in [1.54, 1.807) is 55.1 Å². The average Bonchev–Trinajstić information content (AvgIpc) is 3.36. The maximum absolute atomic E-state index is 12.1. The number of hydrogen-bond acceptors (Lipinski definition) is 7. The second-order valence-corrected chi connectivity index (χ2v) is 6.12. The number of rotatable bonds is 7. The number of nitriles is 1. The highest BCUT2D eigenvalue weighted by atomic mass is 32.1. The van der Waals surface area contributed by atoms with E-state index < -0.39 is 5.91 Å². The van der Waals surface area contributed by atoms with Gasteiger partial charge < -0.3 is 13.9 Å². The number of ether oxygens (including phenoxy) is 2. The van der Waals surface area contributed by atoms with Crippen LogP contribution >= 0.6 is 11.3 Å². The summed E-state index contributed by atoms with van der Waals surface area (Å²) in [4.78, 5) is 16.1. The fourth-order valence-electron chi connectivity index (χ4n) is 2.12. The van der Waals surface area contributed by atoms with E-state index in [0.29, 0.717) is 22.4 Å². The Bertz CT molecular complexity index is 969. The summed E-state index contributed by atoms with van der Waals surface area (Å²) in [6.45, 7) is 0.216. The Morgan fingerprint density at radius 3 is 2.74 bits per heavy atom. The summed E-state index contributed by atoms with van der Waals surface area (Å²) in [5.41, 5.74) is -0.0813. The summed E-state index contributed by atoms with van der Waals surface area (Å²) in [6.07, 6.45) is 2.94. The van der Waals surface area contributed by atoms with Gasteiger partial charge in [-0.3, -0.25) is 10.1 Å². The molecule has 0 saturated carbocycles. The van der Waals surface area contributed by atoms with Crippen molar-refractivity contribution in [3.63, 3.8) is 0 Å². The molecule has 1 aromatic carbocycles. The number of hydrogen-bond donors (Lipinski definition) is 1. The van der Waals surface area contributed by atoms with Crippen LogP contribution in [-0.4, -0.2) is 18.0 Å². The lowest BCUT2D eigenvalue weighted by molar-refractivity contribution is -0.112. The van der Waals surface area contributed by atoms with Crippen LogP contribution in [0, 0.1) is 11.3 Å². The van der Waals surface area contributed by atoms with Gasteiger partial charge in [0.15, 0.2) is 5.13 Å². The first-order valence-corrected chi connectivity index (χ1v) is 8.74. The normalized spacial score (nSPS) is 10.9. The number of nitrogens with zero attached hydrogens (tertiary/aromatic N) is 2. The number of carbonyl (C=O) groups excluding carboxylic acids is 1. The van der Waals surface area contributed by atoms with Crippen molar-refractivity contribution in [2.75, 3.05) is 12.4 Å². The largest absolute Gasteiger partial charge is 0.497 e. The number of methoxy groups -OCH3 is 1. The Balaban J connectivity index is 1.62. The standard InChI is InChI=1S/C19H15N3O4S/c1-24-14-2-4-15(5-3-14)25-12-17-7-6-16(26-17)10-13(11-20)18(23)22-19-21-8-9-27-19/h2-10H,12H2,1H3,(H,21,22,23)/b13-10+. The van der Waals surface area contributed by atoms with Crippen molar-refractivity contribution in [1.82, 2.24) is 4.98 Å². The van der Waals surface area contributed by atoms with Crippen LogP contribution in [0.25, 0.3) is 6.08 Å². The number of amides is 1. The molecule has 0 saturated heterocycles. The van der Waals surface area contributed by atoms with E-state index in [2.05, 4.69) is 10.3 Å². The van der Waals surface area contributed by atoms with Crippen LogP contribution in [0.4, 0.5) is 5.13 Å². The van der Waals surface area contributed by atoms with Crippen molar-refractivity contribution in [2.24, 2.45) is 0 Å². The van der Waals surface area contributed by atoms with Gasteiger partial charge in [-0.25, -0.2) is 4.98 Å². The first kappa shape index (κ1) is 18.2. The summed E-state index contributed by atoms with van der Waals surface area (Å²) < 4.78 is 16.3. The fraction of sp³-hybridized carbons (Fsp3) is 0.105. The molecule has 3 rings (SSSR count). The van der Waals surface area contributed by atoms with Gasteiger partial charge in [0.2, 0.25) is 0 Å². The number of nitrogens with one attached hydrogen (secondary N) is 1. The molecule has 0 bridgehead atoms. The van der Waals surface area contributed by atoms with Crippen molar-refractivity contribution in [3.05, 3.63) is 65.1 Å². The molecule has 0 aliphatic heterocycles. The van der Waals surface area contributed by atoms with Crippen molar-refractivity contribution in [1.29, 1.82) is 5.26 Å². The van der Waals surface area contributed by atoms with E-state index in [0.717, 1.165) is 5.75 Å². The third-order valence-corrected chi connectivity index (χ3v) is 4.12. The van der Waals surface area contributed by atoms with Crippen molar-refractivity contribution >= 4 is 28.5 Å². The van der Waals surface area contributed by atoms with E-state index in [4.69, 9.17) is 13.9 Å². The number of carbonyl (C=O) groups is 1. The summed E-state index contributed by atoms with van der Waals surface area (Å²) >= 11 is 1.27. The van der Waals surface area contributed by atoms with E-state index >= 15 is 0 Å². The van der Waals surface area contributed by atoms with E-state index in [1.165, 1.54) is 17.4 Å². The maximum atomic E-state index is 12.1. The number of benzene rings is 1. The van der Waals surface area contributed by atoms with Crippen LogP contribution < -0.4 is 14.8 Å². The van der Waals surface area contributed by atoms with Crippen LogP contribution in [0.2, 0.25) is 0 Å². The molecule has 0 aliphatic rings. The minimum atomic E-state index is -0.542. The van der Waals surface area contributed by atoms with Crippen molar-refractivity contribution in [3.8, 4) is 17.6 Å². The van der Waals surface area contributed by atoms with Crippen molar-refractivity contribution < 1.29 is 18.7 Å². The van der Waals surface area contributed by atoms with Crippen LogP contribution in [0.1, 0.15) is 11.5 Å². The van der Waals surface area contributed by atoms with Gasteiger partial charge in [0, 0.05) is 17.7 Å². The average molecular weight is 381 g/mol. The monoisotopic (exact) mass is 381 g/mol. The second-order valence-electron chi connectivity index (χ2n) is 5.23. The lowest BCUT2D eigenvalue weighted by Gasteiger charge is -2.05. The first-order valence-electron chi connectivity index (χ1n) is 7.86. The zero-order valence-corrected chi connectivity index (χ0v) is 15.2. The van der Waals surface area contributed by atoms with Gasteiger partial charge in [0.25, 0.3) is 5.91 Å². The number of thiazole rings is 1. The Morgan fingerprint density at radius 1 is 1.30 bits per heavy atom. The van der Waals surface area contributed by atoms with Gasteiger partial charge in [-0.2, -0.15) is 5.26 Å². The molecule has 0 radical (unpaired) electrons. The van der Waals surface area contributed by atoms with E-state index in [1.807, 2.05) is 6.07 Å². The lowest BCUT2D eigenvalue weighted by atomic mass is 10.2. The Kier molecular flexibility index (Phi) is 5.87. The lowest BCUT2D eigenvalue weighted by Crippen LogP contribution is -2.13. The van der Waals surface area contributed by atoms with Gasteiger partial charge in [0.1, 0.15) is 41.3 Å². The van der Waals surface area contributed by atoms with E-state index in [9.17, 15) is 10.1 Å². The molecule has 3 aromatic rings. The molecule has 27 heavy (non-hydrogen) atoms. The summed E-state index contributed by atoms with van der Waals surface area (Å²) in [5, 5.41) is 13.9. The molecule has 2 heterocycles. The molecular weight excluding hydrogens is 366 g/mol. The summed E-state index contributed by atoms with van der Waals surface area (Å²) in [7, 11) is 1.60. The first-order chi connectivity index (χ1) is 13.2. The van der Waals surface area contributed by atoms with Gasteiger partial charge in [0.05, 0.1) is 7.11 Å². The molecule has 1 N–H and O–H groups in total. The number of anilines is 1. The Morgan fingerprint density at radius 2 is 2.07 bits per heavy atom. The van der Waals surface area contributed by atoms with E-state index in [-0.39, 0.29) is 12.2 Å². The predicted molar refractivity (Wildman–Crippen MR) is 100 cm³/mol. The minimum absolute atomic E-state index is 0.0813. The van der Waals surface area contributed by atoms with Gasteiger partial charge in [-0.05, 0) is 36.4 Å². The summed E-state index contributed by atoms with van der Waals surface area (Å²) in [6, 6.07) is 12.4. The molecule has 0 atom stereocenters. The molecule has 0 aliphatic carbocycles. The minimum Gasteiger partial charge on any atom is -0.497 e. The Labute approximate surface area is 159 Å². The molecule has 136 valence electrons. The van der Waals surface area contributed by atoms with Gasteiger partial charge in [-0.15, -0.1) is 11.3 Å². The molecule has 0 fully saturated rings. The highest BCUT2D eigenvalue weighted by Gasteiger charge is 2.12. The molecular formula is C19H15N3O4S. The smallest absolute Gasteiger partial charge is 0.268 e. The highest BCUT2D eigenvalue weighted by Crippen LogP contribution is 2.20. The van der Waals surface area contributed by atoms with Crippen LogP contribution in [0.3, 0.4) is 0 Å². The molecule has 0 spiro atoms. The van der Waals surface area contributed by atoms with Crippen LogP contribution in [0.15, 0.2) is 58.0 Å². The zero-order valence-electron chi connectivity index (χ0n) is 14.3. The molecule has 8 heteroatoms. The maximum Gasteiger partial charge on any atom is 0.268 e. The second kappa shape index (κ2) is 8.69. The molecule has 0 unspecified atom stereocenters. The van der Waals surface area contributed by atoms with Crippen molar-refractivity contribution in [2.45, 2.75) is 6.61 Å². The van der Waals surface area contributed by atoms with Gasteiger partial charge >= 0.3 is 0 Å². The molecule has 1 amide bonds. The third kappa shape index (κ3) is 4.96. The number of furan rings is 1. The van der Waals surface area contributed by atoms with Crippen LogP contribution in [0.5, 0.6) is 11.5 Å². The zero-order chi connectivity index (χ0) is 19.1. The fourth-order valence-corrected chi connectivity index (χ4v) is 2.64.